The zero-order valence-electron chi connectivity index (χ0n) is 10.6. The summed E-state index contributed by atoms with van der Waals surface area (Å²) in [6.45, 7) is 11.2. The third-order valence-electron chi connectivity index (χ3n) is 3.37. The van der Waals surface area contributed by atoms with Crippen molar-refractivity contribution in [1.82, 2.24) is 5.32 Å². The minimum Gasteiger partial charge on any atom is -0.369 e. The van der Waals surface area contributed by atoms with Crippen LogP contribution in [0.15, 0.2) is 18.2 Å². The molecule has 88 valence electrons. The average molecular weight is 218 g/mol. The molecule has 1 fully saturated rings. The Morgan fingerprint density at radius 2 is 1.88 bits per heavy atom. The van der Waals surface area contributed by atoms with Crippen molar-refractivity contribution in [2.75, 3.05) is 31.1 Å². The number of aryl methyl sites for hydroxylation is 1. The molecule has 0 aliphatic carbocycles. The monoisotopic (exact) mass is 218 g/mol. The maximum absolute atomic E-state index is 3.39. The lowest BCUT2D eigenvalue weighted by molar-refractivity contribution is 0.589. The summed E-state index contributed by atoms with van der Waals surface area (Å²) in [5, 5.41) is 3.39. The van der Waals surface area contributed by atoms with Gasteiger partial charge in [-0.05, 0) is 36.1 Å². The van der Waals surface area contributed by atoms with E-state index in [0.717, 1.165) is 26.2 Å². The predicted molar refractivity (Wildman–Crippen MR) is 70.4 cm³/mol. The molecule has 1 aromatic carbocycles. The van der Waals surface area contributed by atoms with E-state index >= 15 is 0 Å². The number of nitrogens with zero attached hydrogens (tertiary/aromatic N) is 1. The molecule has 0 spiro atoms. The highest BCUT2D eigenvalue weighted by atomic mass is 15.2. The number of anilines is 1. The maximum Gasteiger partial charge on any atom is 0.0370 e. The summed E-state index contributed by atoms with van der Waals surface area (Å²) in [7, 11) is 0. The van der Waals surface area contributed by atoms with Gasteiger partial charge in [0.25, 0.3) is 0 Å². The molecule has 2 heteroatoms. The first kappa shape index (κ1) is 11.5. The normalized spacial score (nSPS) is 16.9. The van der Waals surface area contributed by atoms with Gasteiger partial charge in [0.2, 0.25) is 0 Å². The quantitative estimate of drug-likeness (QED) is 0.820. The van der Waals surface area contributed by atoms with E-state index in [-0.39, 0.29) is 0 Å². The Hall–Kier alpha value is -1.02. The molecule has 16 heavy (non-hydrogen) atoms. The summed E-state index contributed by atoms with van der Waals surface area (Å²) in [5.74, 6) is 0.614. The second kappa shape index (κ2) is 4.88. The molecule has 1 heterocycles. The molecule has 1 N–H and O–H groups in total. The maximum atomic E-state index is 3.39. The van der Waals surface area contributed by atoms with Gasteiger partial charge in [-0.3, -0.25) is 0 Å². The molecule has 1 saturated heterocycles. The zero-order chi connectivity index (χ0) is 11.5. The smallest absolute Gasteiger partial charge is 0.0370 e. The topological polar surface area (TPSA) is 15.3 Å². The van der Waals surface area contributed by atoms with Gasteiger partial charge in [-0.1, -0.05) is 19.9 Å². The average Bonchev–Trinajstić information content (AvgIpc) is 2.30. The molecule has 0 radical (unpaired) electrons. The van der Waals surface area contributed by atoms with Crippen LogP contribution < -0.4 is 10.2 Å². The Morgan fingerprint density at radius 1 is 1.19 bits per heavy atom. The Kier molecular flexibility index (Phi) is 3.49. The highest BCUT2D eigenvalue weighted by Crippen LogP contribution is 2.25. The molecule has 2 nitrogen and oxygen atoms in total. The van der Waals surface area contributed by atoms with Crippen molar-refractivity contribution in [3.8, 4) is 0 Å². The van der Waals surface area contributed by atoms with Crippen molar-refractivity contribution in [1.29, 1.82) is 0 Å². The lowest BCUT2D eigenvalue weighted by atomic mass is 9.97. The number of rotatable bonds is 2. The zero-order valence-corrected chi connectivity index (χ0v) is 10.6. The molecule has 0 saturated carbocycles. The molecule has 1 aromatic rings. The second-order valence-corrected chi connectivity index (χ2v) is 4.93. The first-order valence-electron chi connectivity index (χ1n) is 6.24. The third kappa shape index (κ3) is 2.38. The SMILES string of the molecule is Cc1ccc(N2CCNCC2)cc1C(C)C. The van der Waals surface area contributed by atoms with Crippen molar-refractivity contribution >= 4 is 5.69 Å². The van der Waals surface area contributed by atoms with E-state index in [9.17, 15) is 0 Å². The molecular weight excluding hydrogens is 196 g/mol. The van der Waals surface area contributed by atoms with Crippen LogP contribution in [0.3, 0.4) is 0 Å². The van der Waals surface area contributed by atoms with Gasteiger partial charge in [0.05, 0.1) is 0 Å². The molecule has 0 amide bonds. The van der Waals surface area contributed by atoms with E-state index in [1.165, 1.54) is 16.8 Å². The summed E-state index contributed by atoms with van der Waals surface area (Å²) in [4.78, 5) is 2.47. The summed E-state index contributed by atoms with van der Waals surface area (Å²) in [6.07, 6.45) is 0. The molecule has 1 aliphatic rings. The van der Waals surface area contributed by atoms with Crippen LogP contribution in [-0.4, -0.2) is 26.2 Å². The van der Waals surface area contributed by atoms with E-state index in [2.05, 4.69) is 49.2 Å². The lowest BCUT2D eigenvalue weighted by Gasteiger charge is -2.30. The molecule has 1 aliphatic heterocycles. The summed E-state index contributed by atoms with van der Waals surface area (Å²) in [6, 6.07) is 6.88. The Labute approximate surface area is 98.7 Å². The van der Waals surface area contributed by atoms with Gasteiger partial charge >= 0.3 is 0 Å². The van der Waals surface area contributed by atoms with Crippen molar-refractivity contribution in [3.63, 3.8) is 0 Å². The lowest BCUT2D eigenvalue weighted by Crippen LogP contribution is -2.43. The van der Waals surface area contributed by atoms with Gasteiger partial charge in [0.1, 0.15) is 0 Å². The first-order valence-corrected chi connectivity index (χ1v) is 6.24. The van der Waals surface area contributed by atoms with Crippen LogP contribution in [0.2, 0.25) is 0 Å². The Morgan fingerprint density at radius 3 is 2.50 bits per heavy atom. The minimum absolute atomic E-state index is 0.614. The van der Waals surface area contributed by atoms with Crippen LogP contribution in [0, 0.1) is 6.92 Å². The van der Waals surface area contributed by atoms with E-state index < -0.39 is 0 Å². The fraction of sp³-hybridized carbons (Fsp3) is 0.571. The van der Waals surface area contributed by atoms with Crippen LogP contribution in [0.1, 0.15) is 30.9 Å². The van der Waals surface area contributed by atoms with Crippen LogP contribution >= 0.6 is 0 Å². The first-order chi connectivity index (χ1) is 7.68. The summed E-state index contributed by atoms with van der Waals surface area (Å²) >= 11 is 0. The van der Waals surface area contributed by atoms with Crippen LogP contribution in [0.25, 0.3) is 0 Å². The Balaban J connectivity index is 2.24. The summed E-state index contributed by atoms with van der Waals surface area (Å²) in [5.41, 5.74) is 4.28. The van der Waals surface area contributed by atoms with E-state index in [1.807, 2.05) is 0 Å². The van der Waals surface area contributed by atoms with Crippen LogP contribution in [-0.2, 0) is 0 Å². The van der Waals surface area contributed by atoms with E-state index in [1.54, 1.807) is 0 Å². The molecular formula is C14H22N2. The van der Waals surface area contributed by atoms with Crippen LogP contribution in [0.4, 0.5) is 5.69 Å². The number of benzene rings is 1. The third-order valence-corrected chi connectivity index (χ3v) is 3.37. The molecule has 0 bridgehead atoms. The van der Waals surface area contributed by atoms with Gasteiger partial charge in [0, 0.05) is 31.9 Å². The van der Waals surface area contributed by atoms with E-state index in [0.29, 0.717) is 5.92 Å². The Bertz CT molecular complexity index is 352. The van der Waals surface area contributed by atoms with Crippen molar-refractivity contribution in [2.45, 2.75) is 26.7 Å². The fourth-order valence-electron chi connectivity index (χ4n) is 2.37. The summed E-state index contributed by atoms with van der Waals surface area (Å²) < 4.78 is 0. The minimum atomic E-state index is 0.614. The van der Waals surface area contributed by atoms with Gasteiger partial charge in [-0.2, -0.15) is 0 Å². The number of hydrogen-bond donors (Lipinski definition) is 1. The largest absolute Gasteiger partial charge is 0.369 e. The van der Waals surface area contributed by atoms with Crippen LogP contribution in [0.5, 0.6) is 0 Å². The fourth-order valence-corrected chi connectivity index (χ4v) is 2.37. The number of hydrogen-bond acceptors (Lipinski definition) is 2. The van der Waals surface area contributed by atoms with Gasteiger partial charge in [-0.15, -0.1) is 0 Å². The van der Waals surface area contributed by atoms with Crippen molar-refractivity contribution < 1.29 is 0 Å². The van der Waals surface area contributed by atoms with Crippen molar-refractivity contribution in [2.24, 2.45) is 0 Å². The standard InChI is InChI=1S/C14H22N2/c1-11(2)14-10-13(5-4-12(14)3)16-8-6-15-7-9-16/h4-5,10-11,15H,6-9H2,1-3H3. The van der Waals surface area contributed by atoms with Gasteiger partial charge in [-0.25, -0.2) is 0 Å². The van der Waals surface area contributed by atoms with E-state index in [4.69, 9.17) is 0 Å². The number of nitrogens with one attached hydrogen (secondary N) is 1. The highest BCUT2D eigenvalue weighted by molar-refractivity contribution is 5.52. The highest BCUT2D eigenvalue weighted by Gasteiger charge is 2.12. The van der Waals surface area contributed by atoms with Crippen molar-refractivity contribution in [3.05, 3.63) is 29.3 Å². The number of piperazine rings is 1. The van der Waals surface area contributed by atoms with Gasteiger partial charge in [0.15, 0.2) is 0 Å². The predicted octanol–water partition coefficient (Wildman–Crippen LogP) is 2.53. The molecule has 0 atom stereocenters. The molecule has 0 unspecified atom stereocenters. The van der Waals surface area contributed by atoms with Gasteiger partial charge < -0.3 is 10.2 Å². The molecule has 2 rings (SSSR count). The molecule has 0 aromatic heterocycles. The second-order valence-electron chi connectivity index (χ2n) is 4.93.